The maximum Gasteiger partial charge on any atom is 0.215 e. The molecule has 3 heteroatoms. The van der Waals surface area contributed by atoms with E-state index in [1.807, 2.05) is 0 Å². The Hall–Kier alpha value is -2.29. The number of imidazole rings is 2. The quantitative estimate of drug-likeness (QED) is 0.587. The Kier molecular flexibility index (Phi) is 1.81. The van der Waals surface area contributed by atoms with Crippen LogP contribution >= 0.6 is 0 Å². The Bertz CT molecular complexity index is 815. The van der Waals surface area contributed by atoms with Crippen molar-refractivity contribution in [2.75, 3.05) is 0 Å². The van der Waals surface area contributed by atoms with Gasteiger partial charge in [0.1, 0.15) is 0 Å². The maximum absolute atomic E-state index is 4.77. The van der Waals surface area contributed by atoms with E-state index in [1.165, 1.54) is 16.7 Å². The molecular formula is C15H13N3. The van der Waals surface area contributed by atoms with Gasteiger partial charge in [-0.05, 0) is 18.2 Å². The minimum Gasteiger partial charge on any atom is -0.313 e. The standard InChI is InChI=1S/C15H13N3/c1-17-13-9-5-6-10-14(13)18-12-8-4-2-3-7-11(12)16-15(17)18/h2-6,8-10H,7H2,1H3. The highest BCUT2D eigenvalue weighted by atomic mass is 15.2. The Morgan fingerprint density at radius 2 is 1.94 bits per heavy atom. The van der Waals surface area contributed by atoms with E-state index >= 15 is 0 Å². The SMILES string of the molecule is Cn1c2ccccc2n2c3c(nc12)CC=CC=C3. The third-order valence-corrected chi connectivity index (χ3v) is 3.57. The first-order valence-corrected chi connectivity index (χ1v) is 6.14. The van der Waals surface area contributed by atoms with Gasteiger partial charge in [-0.2, -0.15) is 0 Å². The monoisotopic (exact) mass is 235 g/mol. The van der Waals surface area contributed by atoms with Crippen LogP contribution < -0.4 is 0 Å². The number of allylic oxidation sites excluding steroid dienone is 3. The molecule has 0 amide bonds. The average molecular weight is 235 g/mol. The van der Waals surface area contributed by atoms with Crippen LogP contribution in [0.2, 0.25) is 0 Å². The van der Waals surface area contributed by atoms with Gasteiger partial charge >= 0.3 is 0 Å². The van der Waals surface area contributed by atoms with Crippen molar-refractivity contribution < 1.29 is 0 Å². The summed E-state index contributed by atoms with van der Waals surface area (Å²) in [5, 5.41) is 0. The van der Waals surface area contributed by atoms with Gasteiger partial charge < -0.3 is 4.57 Å². The lowest BCUT2D eigenvalue weighted by Crippen LogP contribution is -1.89. The Morgan fingerprint density at radius 3 is 2.83 bits per heavy atom. The molecule has 3 aromatic rings. The minimum atomic E-state index is 0.901. The molecule has 0 unspecified atom stereocenters. The van der Waals surface area contributed by atoms with Crippen LogP contribution in [0.25, 0.3) is 22.9 Å². The Balaban J connectivity index is 2.23. The second-order valence-corrected chi connectivity index (χ2v) is 4.62. The number of nitrogens with zero attached hydrogens (tertiary/aromatic N) is 3. The smallest absolute Gasteiger partial charge is 0.215 e. The lowest BCUT2D eigenvalue weighted by atomic mass is 10.2. The molecule has 2 aromatic heterocycles. The summed E-state index contributed by atoms with van der Waals surface area (Å²) >= 11 is 0. The normalized spacial score (nSPS) is 14.3. The first-order valence-electron chi connectivity index (χ1n) is 6.14. The number of benzene rings is 1. The number of rotatable bonds is 0. The van der Waals surface area contributed by atoms with Crippen LogP contribution in [0.15, 0.2) is 42.5 Å². The lowest BCUT2D eigenvalue weighted by molar-refractivity contribution is 0.964. The van der Waals surface area contributed by atoms with E-state index in [1.54, 1.807) is 0 Å². The van der Waals surface area contributed by atoms with Crippen LogP contribution in [0, 0.1) is 0 Å². The molecule has 0 fully saturated rings. The summed E-state index contributed by atoms with van der Waals surface area (Å²) in [6, 6.07) is 8.43. The summed E-state index contributed by atoms with van der Waals surface area (Å²) in [6.45, 7) is 0. The molecule has 4 rings (SSSR count). The minimum absolute atomic E-state index is 0.901. The number of aryl methyl sites for hydroxylation is 1. The largest absolute Gasteiger partial charge is 0.313 e. The van der Waals surface area contributed by atoms with Gasteiger partial charge in [-0.25, -0.2) is 4.98 Å². The molecule has 0 saturated heterocycles. The van der Waals surface area contributed by atoms with Gasteiger partial charge in [0, 0.05) is 13.5 Å². The van der Waals surface area contributed by atoms with Crippen molar-refractivity contribution in [3.8, 4) is 0 Å². The second-order valence-electron chi connectivity index (χ2n) is 4.62. The van der Waals surface area contributed by atoms with E-state index in [0.717, 1.165) is 17.9 Å². The Morgan fingerprint density at radius 1 is 1.11 bits per heavy atom. The molecule has 0 saturated carbocycles. The highest BCUT2D eigenvalue weighted by Gasteiger charge is 2.16. The summed E-state index contributed by atoms with van der Waals surface area (Å²) in [6.07, 6.45) is 9.36. The number of hydrogen-bond donors (Lipinski definition) is 0. The van der Waals surface area contributed by atoms with Crippen LogP contribution in [0.3, 0.4) is 0 Å². The van der Waals surface area contributed by atoms with Gasteiger partial charge in [0.25, 0.3) is 0 Å². The molecule has 0 radical (unpaired) electrons. The van der Waals surface area contributed by atoms with E-state index < -0.39 is 0 Å². The molecule has 0 aliphatic heterocycles. The van der Waals surface area contributed by atoms with Gasteiger partial charge in [-0.15, -0.1) is 0 Å². The van der Waals surface area contributed by atoms with Crippen LogP contribution in [0.5, 0.6) is 0 Å². The molecule has 18 heavy (non-hydrogen) atoms. The number of aromatic nitrogens is 3. The molecule has 1 aliphatic carbocycles. The van der Waals surface area contributed by atoms with Crippen molar-refractivity contribution in [1.29, 1.82) is 0 Å². The average Bonchev–Trinajstić information content (AvgIpc) is 2.78. The van der Waals surface area contributed by atoms with E-state index in [0.29, 0.717) is 0 Å². The van der Waals surface area contributed by atoms with Crippen LogP contribution in [-0.2, 0) is 13.5 Å². The summed E-state index contributed by atoms with van der Waals surface area (Å²) in [7, 11) is 2.07. The van der Waals surface area contributed by atoms with E-state index in [9.17, 15) is 0 Å². The van der Waals surface area contributed by atoms with Gasteiger partial charge in [0.05, 0.1) is 22.4 Å². The topological polar surface area (TPSA) is 22.2 Å². The first-order chi connectivity index (χ1) is 8.86. The molecule has 3 nitrogen and oxygen atoms in total. The third kappa shape index (κ3) is 1.11. The van der Waals surface area contributed by atoms with Gasteiger partial charge in [-0.1, -0.05) is 30.4 Å². The predicted octanol–water partition coefficient (Wildman–Crippen LogP) is 2.95. The summed E-state index contributed by atoms with van der Waals surface area (Å²) in [5.41, 5.74) is 4.78. The van der Waals surface area contributed by atoms with Gasteiger partial charge in [0.2, 0.25) is 5.78 Å². The van der Waals surface area contributed by atoms with Gasteiger partial charge in [-0.3, -0.25) is 4.40 Å². The third-order valence-electron chi connectivity index (χ3n) is 3.57. The predicted molar refractivity (Wildman–Crippen MR) is 73.5 cm³/mol. The number of para-hydroxylation sites is 2. The summed E-state index contributed by atoms with van der Waals surface area (Å²) in [4.78, 5) is 4.77. The summed E-state index contributed by atoms with van der Waals surface area (Å²) < 4.78 is 4.40. The van der Waals surface area contributed by atoms with Crippen LogP contribution in [0.4, 0.5) is 0 Å². The lowest BCUT2D eigenvalue weighted by Gasteiger charge is -1.97. The van der Waals surface area contributed by atoms with Crippen molar-refractivity contribution >= 4 is 22.9 Å². The molecule has 1 aliphatic rings. The fraction of sp³-hybridized carbons (Fsp3) is 0.133. The molecular weight excluding hydrogens is 222 g/mol. The van der Waals surface area contributed by atoms with E-state index in [-0.39, 0.29) is 0 Å². The molecule has 2 heterocycles. The highest BCUT2D eigenvalue weighted by Crippen LogP contribution is 2.25. The number of fused-ring (bicyclic) bond motifs is 5. The van der Waals surface area contributed by atoms with Crippen molar-refractivity contribution in [3.63, 3.8) is 0 Å². The van der Waals surface area contributed by atoms with Gasteiger partial charge in [0.15, 0.2) is 0 Å². The van der Waals surface area contributed by atoms with Crippen LogP contribution in [-0.4, -0.2) is 14.0 Å². The summed E-state index contributed by atoms with van der Waals surface area (Å²) in [5.74, 6) is 1.01. The van der Waals surface area contributed by atoms with Crippen molar-refractivity contribution in [2.24, 2.45) is 7.05 Å². The molecule has 88 valence electrons. The van der Waals surface area contributed by atoms with Crippen molar-refractivity contribution in [2.45, 2.75) is 6.42 Å². The molecule has 0 N–H and O–H groups in total. The zero-order valence-electron chi connectivity index (χ0n) is 10.2. The Labute approximate surface area is 105 Å². The zero-order valence-corrected chi connectivity index (χ0v) is 10.2. The van der Waals surface area contributed by atoms with E-state index in [4.69, 9.17) is 4.98 Å². The maximum atomic E-state index is 4.77. The highest BCUT2D eigenvalue weighted by molar-refractivity contribution is 5.82. The first kappa shape index (κ1) is 9.71. The van der Waals surface area contributed by atoms with Crippen LogP contribution in [0.1, 0.15) is 11.4 Å². The molecule has 1 aromatic carbocycles. The molecule has 0 bridgehead atoms. The molecule has 0 spiro atoms. The molecule has 0 atom stereocenters. The van der Waals surface area contributed by atoms with E-state index in [2.05, 4.69) is 64.6 Å². The number of hydrogen-bond acceptors (Lipinski definition) is 1. The zero-order chi connectivity index (χ0) is 12.1. The second kappa shape index (κ2) is 3.35. The van der Waals surface area contributed by atoms with Crippen molar-refractivity contribution in [3.05, 3.63) is 53.9 Å². The fourth-order valence-corrected chi connectivity index (χ4v) is 2.70. The fourth-order valence-electron chi connectivity index (χ4n) is 2.70. The van der Waals surface area contributed by atoms with Crippen molar-refractivity contribution in [1.82, 2.24) is 14.0 Å².